The molecule has 2 unspecified atom stereocenters. The lowest BCUT2D eigenvalue weighted by atomic mass is 9.67. The van der Waals surface area contributed by atoms with Gasteiger partial charge in [0, 0.05) is 5.92 Å². The summed E-state index contributed by atoms with van der Waals surface area (Å²) in [7, 11) is 0. The van der Waals surface area contributed by atoms with Gasteiger partial charge in [-0.25, -0.2) is 0 Å². The normalized spacial score (nSPS) is 40.0. The van der Waals surface area contributed by atoms with E-state index in [2.05, 4.69) is 19.1 Å². The molecule has 1 fully saturated rings. The molecular weight excluding hydrogens is 172 g/mol. The Morgan fingerprint density at radius 3 is 2.57 bits per heavy atom. The van der Waals surface area contributed by atoms with E-state index in [1.165, 1.54) is 32.1 Å². The Morgan fingerprint density at radius 1 is 1.21 bits per heavy atom. The van der Waals surface area contributed by atoms with Crippen molar-refractivity contribution in [1.82, 2.24) is 0 Å². The third-order valence-corrected chi connectivity index (χ3v) is 4.24. The molecule has 1 nitrogen and oxygen atoms in total. The van der Waals surface area contributed by atoms with Crippen LogP contribution in [0.4, 0.5) is 0 Å². The summed E-state index contributed by atoms with van der Waals surface area (Å²) < 4.78 is 0. The van der Waals surface area contributed by atoms with Gasteiger partial charge in [-0.2, -0.15) is 0 Å². The van der Waals surface area contributed by atoms with E-state index in [0.29, 0.717) is 11.8 Å². The highest BCUT2D eigenvalue weighted by Gasteiger charge is 2.41. The lowest BCUT2D eigenvalue weighted by Gasteiger charge is -2.43. The standard InChI is InChI=1S/C13H22O/c1-11-7-5-6-10-13(11,14)12-8-3-2-4-9-12/h5,7,11-12,14H,2-4,6,8-10H2,1H3. The number of aliphatic hydroxyl groups is 1. The Morgan fingerprint density at radius 2 is 1.93 bits per heavy atom. The predicted molar refractivity (Wildman–Crippen MR) is 59.1 cm³/mol. The second kappa shape index (κ2) is 4.06. The Balaban J connectivity index is 2.08. The fourth-order valence-electron chi connectivity index (χ4n) is 3.19. The van der Waals surface area contributed by atoms with Crippen LogP contribution in [0.15, 0.2) is 12.2 Å². The molecule has 2 aliphatic carbocycles. The topological polar surface area (TPSA) is 20.2 Å². The summed E-state index contributed by atoms with van der Waals surface area (Å²) in [6.07, 6.45) is 13.0. The fourth-order valence-corrected chi connectivity index (χ4v) is 3.19. The molecule has 1 heteroatoms. The van der Waals surface area contributed by atoms with Crippen molar-refractivity contribution < 1.29 is 5.11 Å². The first-order valence-corrected chi connectivity index (χ1v) is 6.12. The largest absolute Gasteiger partial charge is 0.389 e. The van der Waals surface area contributed by atoms with E-state index in [9.17, 15) is 5.11 Å². The minimum Gasteiger partial charge on any atom is -0.389 e. The lowest BCUT2D eigenvalue weighted by molar-refractivity contribution is -0.0714. The van der Waals surface area contributed by atoms with Gasteiger partial charge in [0.05, 0.1) is 5.60 Å². The average molecular weight is 194 g/mol. The second-order valence-corrected chi connectivity index (χ2v) is 5.08. The van der Waals surface area contributed by atoms with Crippen molar-refractivity contribution in [2.75, 3.05) is 0 Å². The molecule has 0 aromatic heterocycles. The van der Waals surface area contributed by atoms with E-state index in [4.69, 9.17) is 0 Å². The predicted octanol–water partition coefficient (Wildman–Crippen LogP) is 3.28. The van der Waals surface area contributed by atoms with Gasteiger partial charge in [-0.1, -0.05) is 38.3 Å². The Labute approximate surface area is 87.2 Å². The van der Waals surface area contributed by atoms with E-state index in [1.54, 1.807) is 0 Å². The van der Waals surface area contributed by atoms with E-state index in [-0.39, 0.29) is 5.60 Å². The van der Waals surface area contributed by atoms with Crippen molar-refractivity contribution in [2.24, 2.45) is 11.8 Å². The molecule has 2 atom stereocenters. The monoisotopic (exact) mass is 194 g/mol. The minimum atomic E-state index is -0.380. The molecule has 2 aliphatic rings. The maximum atomic E-state index is 10.7. The maximum absolute atomic E-state index is 10.7. The molecule has 0 aromatic carbocycles. The van der Waals surface area contributed by atoms with Gasteiger partial charge in [-0.3, -0.25) is 0 Å². The summed E-state index contributed by atoms with van der Waals surface area (Å²) in [4.78, 5) is 0. The third kappa shape index (κ3) is 1.75. The first-order chi connectivity index (χ1) is 6.73. The van der Waals surface area contributed by atoms with Crippen LogP contribution in [0.1, 0.15) is 51.9 Å². The van der Waals surface area contributed by atoms with Crippen molar-refractivity contribution in [2.45, 2.75) is 57.5 Å². The van der Waals surface area contributed by atoms with Crippen LogP contribution in [0.25, 0.3) is 0 Å². The van der Waals surface area contributed by atoms with Crippen molar-refractivity contribution >= 4 is 0 Å². The molecule has 0 aliphatic heterocycles. The van der Waals surface area contributed by atoms with Crippen molar-refractivity contribution in [3.63, 3.8) is 0 Å². The Hall–Kier alpha value is -0.300. The molecule has 0 amide bonds. The van der Waals surface area contributed by atoms with Crippen molar-refractivity contribution in [3.05, 3.63) is 12.2 Å². The molecule has 0 saturated heterocycles. The zero-order valence-corrected chi connectivity index (χ0v) is 9.21. The Kier molecular flexibility index (Phi) is 2.96. The smallest absolute Gasteiger partial charge is 0.0738 e. The van der Waals surface area contributed by atoms with Crippen LogP contribution in [0.2, 0.25) is 0 Å². The van der Waals surface area contributed by atoms with Crippen LogP contribution in [-0.2, 0) is 0 Å². The third-order valence-electron chi connectivity index (χ3n) is 4.24. The van der Waals surface area contributed by atoms with Gasteiger partial charge in [0.15, 0.2) is 0 Å². The highest BCUT2D eigenvalue weighted by Crippen LogP contribution is 2.42. The molecule has 0 bridgehead atoms. The van der Waals surface area contributed by atoms with E-state index < -0.39 is 0 Å². The molecule has 0 aromatic rings. The van der Waals surface area contributed by atoms with Crippen LogP contribution < -0.4 is 0 Å². The van der Waals surface area contributed by atoms with Crippen LogP contribution >= 0.6 is 0 Å². The summed E-state index contributed by atoms with van der Waals surface area (Å²) in [5.41, 5.74) is -0.380. The molecular formula is C13H22O. The highest BCUT2D eigenvalue weighted by atomic mass is 16.3. The number of hydrogen-bond donors (Lipinski definition) is 1. The number of rotatable bonds is 1. The first-order valence-electron chi connectivity index (χ1n) is 6.12. The summed E-state index contributed by atoms with van der Waals surface area (Å²) in [5.74, 6) is 0.926. The first kappa shape index (κ1) is 10.2. The molecule has 0 heterocycles. The van der Waals surface area contributed by atoms with Gasteiger partial charge >= 0.3 is 0 Å². The molecule has 1 saturated carbocycles. The van der Waals surface area contributed by atoms with Crippen LogP contribution in [0, 0.1) is 11.8 Å². The van der Waals surface area contributed by atoms with Gasteiger partial charge in [-0.15, -0.1) is 0 Å². The van der Waals surface area contributed by atoms with Crippen molar-refractivity contribution in [1.29, 1.82) is 0 Å². The van der Waals surface area contributed by atoms with Crippen LogP contribution in [0.5, 0.6) is 0 Å². The average Bonchev–Trinajstić information content (AvgIpc) is 2.24. The SMILES string of the molecule is CC1C=CCCC1(O)C1CCCCC1. The van der Waals surface area contributed by atoms with E-state index >= 15 is 0 Å². The molecule has 2 rings (SSSR count). The highest BCUT2D eigenvalue weighted by molar-refractivity contribution is 5.06. The lowest BCUT2D eigenvalue weighted by Crippen LogP contribution is -2.45. The van der Waals surface area contributed by atoms with Gasteiger partial charge in [-0.05, 0) is 31.6 Å². The van der Waals surface area contributed by atoms with Crippen molar-refractivity contribution in [3.8, 4) is 0 Å². The van der Waals surface area contributed by atoms with Gasteiger partial charge in [0.2, 0.25) is 0 Å². The van der Waals surface area contributed by atoms with Gasteiger partial charge in [0.1, 0.15) is 0 Å². The van der Waals surface area contributed by atoms with Gasteiger partial charge in [0.25, 0.3) is 0 Å². The summed E-state index contributed by atoms with van der Waals surface area (Å²) in [6, 6.07) is 0. The number of allylic oxidation sites excluding steroid dienone is 1. The summed E-state index contributed by atoms with van der Waals surface area (Å²) >= 11 is 0. The molecule has 1 N–H and O–H groups in total. The second-order valence-electron chi connectivity index (χ2n) is 5.08. The number of hydrogen-bond acceptors (Lipinski definition) is 1. The molecule has 0 spiro atoms. The summed E-state index contributed by atoms with van der Waals surface area (Å²) in [5, 5.41) is 10.7. The van der Waals surface area contributed by atoms with E-state index in [0.717, 1.165) is 12.8 Å². The van der Waals surface area contributed by atoms with Gasteiger partial charge < -0.3 is 5.11 Å². The fraction of sp³-hybridized carbons (Fsp3) is 0.846. The van der Waals surface area contributed by atoms with Crippen LogP contribution in [-0.4, -0.2) is 10.7 Å². The summed E-state index contributed by atoms with van der Waals surface area (Å²) in [6.45, 7) is 2.17. The molecule has 14 heavy (non-hydrogen) atoms. The quantitative estimate of drug-likeness (QED) is 0.635. The molecule has 80 valence electrons. The zero-order chi connectivity index (χ0) is 10.0. The zero-order valence-electron chi connectivity index (χ0n) is 9.21. The van der Waals surface area contributed by atoms with Crippen LogP contribution in [0.3, 0.4) is 0 Å². The Bertz CT molecular complexity index is 215. The minimum absolute atomic E-state index is 0.361. The molecule has 0 radical (unpaired) electrons. The van der Waals surface area contributed by atoms with E-state index in [1.807, 2.05) is 0 Å². The maximum Gasteiger partial charge on any atom is 0.0738 e.